The molecule has 3 rings (SSSR count). The van der Waals surface area contributed by atoms with Gasteiger partial charge in [0.15, 0.2) is 5.75 Å². The van der Waals surface area contributed by atoms with Crippen LogP contribution in [0, 0.1) is 10.1 Å². The highest BCUT2D eigenvalue weighted by Gasteiger charge is 2.14. The molecule has 1 heterocycles. The SMILES string of the molecule is CCc1ccc2c(COc3ccccc3[N+](=O)[O-])cc(=O)oc2c1. The molecule has 0 saturated heterocycles. The highest BCUT2D eigenvalue weighted by Crippen LogP contribution is 2.27. The van der Waals surface area contributed by atoms with Gasteiger partial charge in [-0.1, -0.05) is 31.2 Å². The summed E-state index contributed by atoms with van der Waals surface area (Å²) >= 11 is 0. The highest BCUT2D eigenvalue weighted by molar-refractivity contribution is 5.80. The van der Waals surface area contributed by atoms with Gasteiger partial charge in [-0.15, -0.1) is 0 Å². The molecular formula is C18H15NO5. The number of benzene rings is 2. The van der Waals surface area contributed by atoms with E-state index in [-0.39, 0.29) is 18.0 Å². The van der Waals surface area contributed by atoms with E-state index in [1.165, 1.54) is 18.2 Å². The molecule has 0 N–H and O–H groups in total. The Balaban J connectivity index is 1.96. The molecule has 2 aromatic carbocycles. The van der Waals surface area contributed by atoms with Crippen molar-refractivity contribution in [3.05, 3.63) is 80.2 Å². The van der Waals surface area contributed by atoms with Gasteiger partial charge in [0, 0.05) is 23.1 Å². The van der Waals surface area contributed by atoms with E-state index in [4.69, 9.17) is 9.15 Å². The van der Waals surface area contributed by atoms with Gasteiger partial charge in [0.2, 0.25) is 0 Å². The maximum atomic E-state index is 11.8. The van der Waals surface area contributed by atoms with Crippen LogP contribution < -0.4 is 10.4 Å². The van der Waals surface area contributed by atoms with Gasteiger partial charge < -0.3 is 9.15 Å². The van der Waals surface area contributed by atoms with Crippen molar-refractivity contribution >= 4 is 16.7 Å². The Morgan fingerprint density at radius 1 is 1.17 bits per heavy atom. The molecule has 0 radical (unpaired) electrons. The average molecular weight is 325 g/mol. The first-order valence-electron chi connectivity index (χ1n) is 7.50. The van der Waals surface area contributed by atoms with E-state index in [1.54, 1.807) is 12.1 Å². The van der Waals surface area contributed by atoms with E-state index < -0.39 is 10.5 Å². The van der Waals surface area contributed by atoms with Crippen LogP contribution in [0.1, 0.15) is 18.1 Å². The Kier molecular flexibility index (Phi) is 4.29. The first kappa shape index (κ1) is 15.7. The number of para-hydroxylation sites is 2. The summed E-state index contributed by atoms with van der Waals surface area (Å²) in [6.45, 7) is 2.05. The summed E-state index contributed by atoms with van der Waals surface area (Å²) in [6.07, 6.45) is 0.830. The number of hydrogen-bond acceptors (Lipinski definition) is 5. The topological polar surface area (TPSA) is 82.6 Å². The zero-order valence-corrected chi connectivity index (χ0v) is 13.0. The van der Waals surface area contributed by atoms with Crippen molar-refractivity contribution in [2.75, 3.05) is 0 Å². The van der Waals surface area contributed by atoms with Crippen LogP contribution in [0.2, 0.25) is 0 Å². The van der Waals surface area contributed by atoms with E-state index >= 15 is 0 Å². The first-order valence-corrected chi connectivity index (χ1v) is 7.50. The van der Waals surface area contributed by atoms with E-state index in [0.29, 0.717) is 11.1 Å². The Hall–Kier alpha value is -3.15. The standard InChI is InChI=1S/C18H15NO5/c1-2-12-7-8-14-13(10-18(20)24-17(14)9-12)11-23-16-6-4-3-5-15(16)19(21)22/h3-10H,2,11H2,1H3. The van der Waals surface area contributed by atoms with Crippen LogP contribution in [-0.2, 0) is 13.0 Å². The number of fused-ring (bicyclic) bond motifs is 1. The summed E-state index contributed by atoms with van der Waals surface area (Å²) < 4.78 is 10.8. The van der Waals surface area contributed by atoms with Gasteiger partial charge in [0.25, 0.3) is 0 Å². The van der Waals surface area contributed by atoms with Crippen LogP contribution in [0.3, 0.4) is 0 Å². The minimum Gasteiger partial charge on any atom is -0.482 e. The third kappa shape index (κ3) is 3.12. The summed E-state index contributed by atoms with van der Waals surface area (Å²) in [5.74, 6) is 0.161. The zero-order chi connectivity index (χ0) is 17.1. The Bertz CT molecular complexity index is 961. The average Bonchev–Trinajstić information content (AvgIpc) is 2.59. The largest absolute Gasteiger partial charge is 0.482 e. The van der Waals surface area contributed by atoms with Crippen molar-refractivity contribution in [1.82, 2.24) is 0 Å². The zero-order valence-electron chi connectivity index (χ0n) is 13.0. The fourth-order valence-electron chi connectivity index (χ4n) is 2.50. The van der Waals surface area contributed by atoms with E-state index in [1.807, 2.05) is 25.1 Å². The highest BCUT2D eigenvalue weighted by atomic mass is 16.6. The smallest absolute Gasteiger partial charge is 0.336 e. The first-order chi connectivity index (χ1) is 11.6. The molecule has 0 unspecified atom stereocenters. The Morgan fingerprint density at radius 2 is 1.96 bits per heavy atom. The molecule has 1 aromatic heterocycles. The monoisotopic (exact) mass is 325 g/mol. The van der Waals surface area contributed by atoms with E-state index in [2.05, 4.69) is 0 Å². The summed E-state index contributed by atoms with van der Waals surface area (Å²) in [5, 5.41) is 11.8. The molecule has 122 valence electrons. The van der Waals surface area contributed by atoms with Crippen LogP contribution in [0.25, 0.3) is 11.0 Å². The second-order valence-corrected chi connectivity index (χ2v) is 5.29. The minimum absolute atomic E-state index is 0.0401. The molecule has 6 nitrogen and oxygen atoms in total. The molecule has 0 amide bonds. The molecule has 24 heavy (non-hydrogen) atoms. The Labute approximate surface area is 137 Å². The molecule has 0 fully saturated rings. The van der Waals surface area contributed by atoms with Crippen molar-refractivity contribution in [2.24, 2.45) is 0 Å². The molecule has 3 aromatic rings. The fraction of sp³-hybridized carbons (Fsp3) is 0.167. The third-order valence-electron chi connectivity index (χ3n) is 3.75. The number of aryl methyl sites for hydroxylation is 1. The maximum absolute atomic E-state index is 11.8. The van der Waals surface area contributed by atoms with Gasteiger partial charge in [-0.25, -0.2) is 4.79 Å². The number of nitrogens with zero attached hydrogens (tertiary/aromatic N) is 1. The normalized spacial score (nSPS) is 10.7. The van der Waals surface area contributed by atoms with Crippen LogP contribution in [0.15, 0.2) is 57.7 Å². The van der Waals surface area contributed by atoms with Crippen molar-refractivity contribution in [1.29, 1.82) is 0 Å². The number of rotatable bonds is 5. The molecular weight excluding hydrogens is 310 g/mol. The van der Waals surface area contributed by atoms with Gasteiger partial charge in [-0.3, -0.25) is 10.1 Å². The van der Waals surface area contributed by atoms with Gasteiger partial charge in [0.05, 0.1) is 4.92 Å². The molecule has 0 aliphatic carbocycles. The van der Waals surface area contributed by atoms with Gasteiger partial charge in [-0.2, -0.15) is 0 Å². The minimum atomic E-state index is -0.500. The number of nitro groups is 1. The maximum Gasteiger partial charge on any atom is 0.336 e. The lowest BCUT2D eigenvalue weighted by molar-refractivity contribution is -0.385. The lowest BCUT2D eigenvalue weighted by Gasteiger charge is -2.09. The van der Waals surface area contributed by atoms with E-state index in [0.717, 1.165) is 17.4 Å². The predicted octanol–water partition coefficient (Wildman–Crippen LogP) is 3.84. The summed E-state index contributed by atoms with van der Waals surface area (Å²) in [6, 6.07) is 13.1. The quantitative estimate of drug-likeness (QED) is 0.404. The molecule has 0 saturated carbocycles. The molecule has 0 aliphatic heterocycles. The Morgan fingerprint density at radius 3 is 2.71 bits per heavy atom. The van der Waals surface area contributed by atoms with Crippen molar-refractivity contribution in [2.45, 2.75) is 20.0 Å². The van der Waals surface area contributed by atoms with Gasteiger partial charge in [0.1, 0.15) is 12.2 Å². The fourth-order valence-corrected chi connectivity index (χ4v) is 2.50. The molecule has 0 atom stereocenters. The van der Waals surface area contributed by atoms with Crippen LogP contribution >= 0.6 is 0 Å². The molecule has 0 aliphatic rings. The van der Waals surface area contributed by atoms with E-state index in [9.17, 15) is 14.9 Å². The predicted molar refractivity (Wildman–Crippen MR) is 89.3 cm³/mol. The van der Waals surface area contributed by atoms with Crippen LogP contribution in [-0.4, -0.2) is 4.92 Å². The molecule has 6 heteroatoms. The van der Waals surface area contributed by atoms with Crippen molar-refractivity contribution in [3.63, 3.8) is 0 Å². The number of hydrogen-bond donors (Lipinski definition) is 0. The lowest BCUT2D eigenvalue weighted by Crippen LogP contribution is -2.05. The van der Waals surface area contributed by atoms with Crippen molar-refractivity contribution in [3.8, 4) is 5.75 Å². The van der Waals surface area contributed by atoms with Crippen molar-refractivity contribution < 1.29 is 14.1 Å². The lowest BCUT2D eigenvalue weighted by atomic mass is 10.1. The summed E-state index contributed by atoms with van der Waals surface area (Å²) in [4.78, 5) is 22.3. The summed E-state index contributed by atoms with van der Waals surface area (Å²) in [7, 11) is 0. The number of ether oxygens (including phenoxy) is 1. The molecule has 0 bridgehead atoms. The molecule has 0 spiro atoms. The third-order valence-corrected chi connectivity index (χ3v) is 3.75. The second-order valence-electron chi connectivity index (χ2n) is 5.29. The summed E-state index contributed by atoms with van der Waals surface area (Å²) in [5.41, 5.74) is 1.59. The number of nitro benzene ring substituents is 1. The van der Waals surface area contributed by atoms with Crippen LogP contribution in [0.5, 0.6) is 5.75 Å². The van der Waals surface area contributed by atoms with Gasteiger partial charge in [-0.05, 0) is 24.1 Å². The van der Waals surface area contributed by atoms with Gasteiger partial charge >= 0.3 is 11.3 Å². The second kappa shape index (κ2) is 6.54. The van der Waals surface area contributed by atoms with Crippen LogP contribution in [0.4, 0.5) is 5.69 Å².